The van der Waals surface area contributed by atoms with E-state index >= 15 is 0 Å². The lowest BCUT2D eigenvalue weighted by molar-refractivity contribution is -0.377. The Morgan fingerprint density at radius 2 is 1.72 bits per heavy atom. The minimum absolute atomic E-state index is 0. The molecule has 0 spiro atoms. The number of pyridine rings is 1. The number of aromatic amines is 1. The number of nitrogens with one attached hydrogen (secondary N) is 1. The number of aromatic nitrogens is 1. The Hall–Kier alpha value is -3.42. The second kappa shape index (κ2) is 14.4. The van der Waals surface area contributed by atoms with Crippen molar-refractivity contribution < 1.29 is 42.7 Å². The van der Waals surface area contributed by atoms with Gasteiger partial charge in [0.15, 0.2) is 23.9 Å². The molecule has 1 aliphatic rings. The third-order valence-corrected chi connectivity index (χ3v) is 9.57. The molecule has 0 bridgehead atoms. The molecule has 4 rings (SSSR count). The normalized spacial score (nSPS) is 15.7. The summed E-state index contributed by atoms with van der Waals surface area (Å²) < 4.78 is 45.4. The highest BCUT2D eigenvalue weighted by molar-refractivity contribution is 7.89. The summed E-state index contributed by atoms with van der Waals surface area (Å²) in [6.07, 6.45) is 3.09. The lowest BCUT2D eigenvalue weighted by atomic mass is 10.0. The average molecular weight is 655 g/mol. The number of amides is 1. The van der Waals surface area contributed by atoms with E-state index in [1.54, 1.807) is 50.8 Å². The van der Waals surface area contributed by atoms with Crippen LogP contribution in [0.25, 0.3) is 0 Å². The highest BCUT2D eigenvalue weighted by Gasteiger charge is 2.41. The second-order valence-electron chi connectivity index (χ2n) is 9.88. The molecular weight excluding hydrogens is 621 g/mol. The second-order valence-corrected chi connectivity index (χ2v) is 12.6. The van der Waals surface area contributed by atoms with Gasteiger partial charge in [-0.15, -0.1) is 0 Å². The van der Waals surface area contributed by atoms with Crippen molar-refractivity contribution in [3.8, 4) is 11.5 Å². The highest BCUT2D eigenvalue weighted by atomic mass is 35.5. The molecule has 0 unspecified atom stereocenters. The largest absolute Gasteiger partial charge is 0.870 e. The van der Waals surface area contributed by atoms with E-state index in [4.69, 9.17) is 37.4 Å². The predicted octanol–water partition coefficient (Wildman–Crippen LogP) is 4.03. The van der Waals surface area contributed by atoms with Crippen LogP contribution in [0.3, 0.4) is 0 Å². The van der Waals surface area contributed by atoms with Gasteiger partial charge in [-0.25, -0.2) is 13.4 Å². The molecule has 3 aromatic rings. The highest BCUT2D eigenvalue weighted by Crippen LogP contribution is 2.36. The first-order chi connectivity index (χ1) is 20.0. The van der Waals surface area contributed by atoms with Crippen LogP contribution >= 0.6 is 23.2 Å². The molecule has 11 nitrogen and oxygen atoms in total. The Balaban J connectivity index is 0.00000506. The maximum Gasteiger partial charge on any atom is 0.325 e. The van der Waals surface area contributed by atoms with Crippen molar-refractivity contribution >= 4 is 45.1 Å². The quantitative estimate of drug-likeness (QED) is 0.298. The van der Waals surface area contributed by atoms with Gasteiger partial charge in [0, 0.05) is 38.2 Å². The Morgan fingerprint density at radius 1 is 1.05 bits per heavy atom. The van der Waals surface area contributed by atoms with E-state index in [1.807, 2.05) is 0 Å². The van der Waals surface area contributed by atoms with Crippen LogP contribution in [0, 0.1) is 0 Å². The van der Waals surface area contributed by atoms with Crippen LogP contribution in [0.5, 0.6) is 11.5 Å². The monoisotopic (exact) mass is 653 g/mol. The average Bonchev–Trinajstić information content (AvgIpc) is 3.49. The Kier molecular flexibility index (Phi) is 11.4. The number of sulfonamides is 1. The smallest absolute Gasteiger partial charge is 0.325 e. The Morgan fingerprint density at radius 3 is 2.35 bits per heavy atom. The van der Waals surface area contributed by atoms with E-state index in [1.165, 1.54) is 37.3 Å². The van der Waals surface area contributed by atoms with Gasteiger partial charge in [0.1, 0.15) is 22.2 Å². The molecule has 0 aliphatic carbocycles. The number of rotatable bonds is 10. The molecule has 1 amide bonds. The summed E-state index contributed by atoms with van der Waals surface area (Å²) in [5.74, 6) is -0.143. The number of esters is 1. The van der Waals surface area contributed by atoms with Crippen LogP contribution in [0.4, 0.5) is 0 Å². The zero-order valence-electron chi connectivity index (χ0n) is 24.0. The van der Waals surface area contributed by atoms with E-state index in [-0.39, 0.29) is 41.2 Å². The number of benzene rings is 2. The molecule has 14 heteroatoms. The van der Waals surface area contributed by atoms with Crippen molar-refractivity contribution in [2.45, 2.75) is 36.3 Å². The number of carbonyl (C=O) groups excluding carboxylic acids is 2. The third-order valence-electron chi connectivity index (χ3n) is 6.99. The van der Waals surface area contributed by atoms with Crippen LogP contribution < -0.4 is 14.5 Å². The van der Waals surface area contributed by atoms with Gasteiger partial charge in [0.25, 0.3) is 5.91 Å². The first-order valence-electron chi connectivity index (χ1n) is 13.1. The van der Waals surface area contributed by atoms with Gasteiger partial charge >= 0.3 is 5.97 Å². The van der Waals surface area contributed by atoms with Gasteiger partial charge in [0.2, 0.25) is 10.0 Å². The van der Waals surface area contributed by atoms with Crippen molar-refractivity contribution in [2.75, 3.05) is 34.9 Å². The summed E-state index contributed by atoms with van der Waals surface area (Å²) in [5.41, 5.74) is 1.34. The lowest BCUT2D eigenvalue weighted by Gasteiger charge is -2.26. The van der Waals surface area contributed by atoms with E-state index < -0.39 is 28.1 Å². The van der Waals surface area contributed by atoms with Crippen molar-refractivity contribution in [1.82, 2.24) is 9.21 Å². The SMILES string of the molecule is COc1ccc([C@H](Cc2c(Cl)c[nH+]cc2Cl)OC(=O)[C@@H]2CCCN2S(=O)(=O)c2cccc(C(=O)N(C)C)c2)cc1OC.[OH-]. The van der Waals surface area contributed by atoms with E-state index in [0.29, 0.717) is 39.1 Å². The minimum atomic E-state index is -4.13. The summed E-state index contributed by atoms with van der Waals surface area (Å²) in [5, 5.41) is 0.697. The molecule has 1 aliphatic heterocycles. The van der Waals surface area contributed by atoms with Crippen LogP contribution in [0.1, 0.15) is 40.4 Å². The van der Waals surface area contributed by atoms with Crippen molar-refractivity contribution in [3.63, 3.8) is 0 Å². The summed E-state index contributed by atoms with van der Waals surface area (Å²) in [7, 11) is 2.04. The van der Waals surface area contributed by atoms with Gasteiger partial charge in [-0.3, -0.25) is 9.59 Å². The Labute approximate surface area is 260 Å². The molecule has 2 aromatic carbocycles. The molecule has 0 saturated carbocycles. The van der Waals surface area contributed by atoms with Gasteiger partial charge in [-0.1, -0.05) is 35.3 Å². The molecule has 232 valence electrons. The summed E-state index contributed by atoms with van der Waals surface area (Å²) in [6, 6.07) is 9.81. The number of hydrogen-bond donors (Lipinski definition) is 0. The zero-order chi connectivity index (χ0) is 30.6. The molecule has 2 atom stereocenters. The topological polar surface area (TPSA) is 147 Å². The molecule has 1 saturated heterocycles. The van der Waals surface area contributed by atoms with E-state index in [0.717, 1.165) is 4.31 Å². The number of hydrogen-bond acceptors (Lipinski definition) is 8. The lowest BCUT2D eigenvalue weighted by Crippen LogP contribution is -2.42. The summed E-state index contributed by atoms with van der Waals surface area (Å²) >= 11 is 12.8. The molecule has 2 heterocycles. The summed E-state index contributed by atoms with van der Waals surface area (Å²) in [4.78, 5) is 30.3. The molecule has 1 aromatic heterocycles. The molecule has 1 fully saturated rings. The number of ether oxygens (including phenoxy) is 3. The van der Waals surface area contributed by atoms with Crippen LogP contribution in [-0.2, 0) is 26.0 Å². The number of halogens is 2. The zero-order valence-corrected chi connectivity index (χ0v) is 26.4. The maximum absolute atomic E-state index is 13.7. The Bertz CT molecular complexity index is 1570. The summed E-state index contributed by atoms with van der Waals surface area (Å²) in [6.45, 7) is 0.126. The molecule has 43 heavy (non-hydrogen) atoms. The van der Waals surface area contributed by atoms with Crippen molar-refractivity contribution in [2.24, 2.45) is 0 Å². The number of carbonyl (C=O) groups is 2. The van der Waals surface area contributed by atoms with Crippen molar-refractivity contribution in [3.05, 3.63) is 81.6 Å². The van der Waals surface area contributed by atoms with Crippen LogP contribution in [0.15, 0.2) is 59.8 Å². The van der Waals surface area contributed by atoms with Crippen LogP contribution in [0.2, 0.25) is 10.0 Å². The van der Waals surface area contributed by atoms with Crippen molar-refractivity contribution in [1.29, 1.82) is 0 Å². The standard InChI is InChI=1S/C29H31Cl2N3O7S.H2O/c1-33(2)28(35)19-7-5-8-20(13-19)42(37,38)34-12-6-9-24(34)29(36)41-26(15-21-22(30)16-32-17-23(21)31)18-10-11-25(39-3)27(14-18)40-4;/h5,7-8,10-11,13-14,16-17,24,26H,6,9,12,15H2,1-4H3;1H2/t24-,26-;/m0./s1. The first kappa shape index (κ1) is 34.1. The van der Waals surface area contributed by atoms with E-state index in [9.17, 15) is 18.0 Å². The van der Waals surface area contributed by atoms with E-state index in [2.05, 4.69) is 4.98 Å². The number of methoxy groups -OCH3 is 2. The van der Waals surface area contributed by atoms with Crippen LogP contribution in [-0.4, -0.2) is 75.9 Å². The number of H-pyrrole nitrogens is 1. The molecule has 0 radical (unpaired) electrons. The maximum atomic E-state index is 13.7. The van der Waals surface area contributed by atoms with Gasteiger partial charge in [0.05, 0.1) is 19.1 Å². The first-order valence-corrected chi connectivity index (χ1v) is 15.3. The fourth-order valence-electron chi connectivity index (χ4n) is 4.80. The molecule has 2 N–H and O–H groups in total. The van der Waals surface area contributed by atoms with Gasteiger partial charge in [-0.05, 0) is 48.7 Å². The minimum Gasteiger partial charge on any atom is -0.870 e. The third kappa shape index (κ3) is 7.39. The molecular formula is C29H33Cl2N3O8S. The van der Waals surface area contributed by atoms with Gasteiger partial charge in [-0.2, -0.15) is 4.31 Å². The predicted molar refractivity (Wildman–Crippen MR) is 158 cm³/mol. The fourth-order valence-corrected chi connectivity index (χ4v) is 7.03. The van der Waals surface area contributed by atoms with Gasteiger partial charge < -0.3 is 24.6 Å². The fraction of sp³-hybridized carbons (Fsp3) is 0.345. The number of nitrogens with zero attached hydrogens (tertiary/aromatic N) is 2.